The van der Waals surface area contributed by atoms with Crippen LogP contribution in [0.2, 0.25) is 0 Å². The molecule has 0 aliphatic heterocycles. The number of hydrogen-bond donors (Lipinski definition) is 0. The van der Waals surface area contributed by atoms with Gasteiger partial charge in [-0.15, -0.1) is 0 Å². The Morgan fingerprint density at radius 3 is 1.42 bits per heavy atom. The van der Waals surface area contributed by atoms with E-state index in [1.54, 1.807) is 0 Å². The molecule has 6 heteroatoms. The minimum Gasteiger partial charge on any atom is -0.186 e. The van der Waals surface area contributed by atoms with Gasteiger partial charge in [-0.3, -0.25) is 0 Å². The zero-order valence-corrected chi connectivity index (χ0v) is 14.6. The van der Waals surface area contributed by atoms with Gasteiger partial charge in [-0.25, -0.2) is 0 Å². The van der Waals surface area contributed by atoms with Crippen LogP contribution < -0.4 is 0 Å². The Bertz CT molecular complexity index is 271. The van der Waals surface area contributed by atoms with Crippen LogP contribution in [-0.4, -0.2) is 14.9 Å². The van der Waals surface area contributed by atoms with E-state index in [2.05, 4.69) is 29.8 Å². The fourth-order valence-electron chi connectivity index (χ4n) is 1.46. The van der Waals surface area contributed by atoms with E-state index in [1.807, 2.05) is 0 Å². The molecule has 0 atom stereocenters. The number of hydrogen-bond acceptors (Lipinski definition) is 2. The maximum absolute atomic E-state index is 6.02. The molecular formula is C13H22Cl4N2. The summed E-state index contributed by atoms with van der Waals surface area (Å²) in [6.07, 6.45) is 7.31. The molecule has 0 saturated carbocycles. The van der Waals surface area contributed by atoms with E-state index in [9.17, 15) is 0 Å². The molecule has 0 aromatic rings. The second-order valence-corrected chi connectivity index (χ2v) is 7.46. The van der Waals surface area contributed by atoms with E-state index >= 15 is 0 Å². The largest absolute Gasteiger partial charge is 0.217 e. The van der Waals surface area contributed by atoms with Gasteiger partial charge < -0.3 is 0 Å². The van der Waals surface area contributed by atoms with Crippen molar-refractivity contribution >= 4 is 52.4 Å². The molecule has 0 aliphatic carbocycles. The molecule has 0 amide bonds. The maximum Gasteiger partial charge on any atom is 0.217 e. The molecule has 0 radical (unpaired) electrons. The van der Waals surface area contributed by atoms with Crippen LogP contribution in [0, 0.1) is 0 Å². The van der Waals surface area contributed by atoms with Crippen molar-refractivity contribution in [1.82, 2.24) is 0 Å². The van der Waals surface area contributed by atoms with E-state index in [0.29, 0.717) is 12.8 Å². The van der Waals surface area contributed by atoms with Crippen molar-refractivity contribution in [1.29, 1.82) is 0 Å². The zero-order valence-electron chi connectivity index (χ0n) is 11.6. The van der Waals surface area contributed by atoms with Gasteiger partial charge in [0.2, 0.25) is 8.91 Å². The SMILES string of the molecule is CCCCCC(Cl)(Cl)N=C=NC(Cl)(Cl)CCCCC. The highest BCUT2D eigenvalue weighted by atomic mass is 35.5. The lowest BCUT2D eigenvalue weighted by atomic mass is 10.2. The fourth-order valence-corrected chi connectivity index (χ4v) is 2.14. The number of aliphatic imine (C=N–C) groups is 2. The topological polar surface area (TPSA) is 24.7 Å². The van der Waals surface area contributed by atoms with Gasteiger partial charge >= 0.3 is 0 Å². The van der Waals surface area contributed by atoms with Crippen molar-refractivity contribution in [3.8, 4) is 0 Å². The van der Waals surface area contributed by atoms with Crippen LogP contribution in [0.15, 0.2) is 9.98 Å². The minimum absolute atomic E-state index is 0.569. The third kappa shape index (κ3) is 12.0. The second kappa shape index (κ2) is 10.3. The van der Waals surface area contributed by atoms with Crippen molar-refractivity contribution in [3.63, 3.8) is 0 Å². The second-order valence-electron chi connectivity index (χ2n) is 4.57. The van der Waals surface area contributed by atoms with Crippen LogP contribution in [0.5, 0.6) is 0 Å². The molecular weight excluding hydrogens is 326 g/mol. The molecule has 0 N–H and O–H groups in total. The first-order chi connectivity index (χ1) is 8.83. The first-order valence-electron chi connectivity index (χ1n) is 6.77. The summed E-state index contributed by atoms with van der Waals surface area (Å²) in [5.74, 6) is 0. The van der Waals surface area contributed by atoms with Crippen molar-refractivity contribution in [2.24, 2.45) is 9.98 Å². The summed E-state index contributed by atoms with van der Waals surface area (Å²) >= 11 is 24.1. The summed E-state index contributed by atoms with van der Waals surface area (Å²) in [4.78, 5) is 7.77. The van der Waals surface area contributed by atoms with E-state index in [0.717, 1.165) is 38.5 Å². The molecule has 0 aromatic heterocycles. The molecule has 0 spiro atoms. The summed E-state index contributed by atoms with van der Waals surface area (Å²) < 4.78 is -2.38. The lowest BCUT2D eigenvalue weighted by molar-refractivity contribution is 0.616. The summed E-state index contributed by atoms with van der Waals surface area (Å²) in [7, 11) is 0. The van der Waals surface area contributed by atoms with Crippen molar-refractivity contribution in [3.05, 3.63) is 0 Å². The molecule has 0 bridgehead atoms. The van der Waals surface area contributed by atoms with Crippen molar-refractivity contribution in [2.75, 3.05) is 0 Å². The van der Waals surface area contributed by atoms with Gasteiger partial charge in [0.1, 0.15) is 0 Å². The third-order valence-corrected chi connectivity index (χ3v) is 3.68. The summed E-state index contributed by atoms with van der Waals surface area (Å²) in [5.41, 5.74) is 0. The highest BCUT2D eigenvalue weighted by Gasteiger charge is 2.23. The van der Waals surface area contributed by atoms with E-state index in [1.165, 1.54) is 0 Å². The molecule has 112 valence electrons. The van der Waals surface area contributed by atoms with Gasteiger partial charge in [-0.05, 0) is 12.8 Å². The molecule has 0 unspecified atom stereocenters. The molecule has 0 saturated heterocycles. The van der Waals surface area contributed by atoms with Gasteiger partial charge in [0, 0.05) is 12.8 Å². The van der Waals surface area contributed by atoms with Crippen LogP contribution >= 0.6 is 46.4 Å². The molecule has 2 nitrogen and oxygen atoms in total. The Balaban J connectivity index is 4.29. The third-order valence-electron chi connectivity index (χ3n) is 2.59. The Morgan fingerprint density at radius 1 is 0.737 bits per heavy atom. The predicted octanol–water partition coefficient (Wildman–Crippen LogP) is 6.58. The van der Waals surface area contributed by atoms with Gasteiger partial charge in [-0.2, -0.15) is 9.98 Å². The van der Waals surface area contributed by atoms with E-state index in [4.69, 9.17) is 46.4 Å². The number of halogens is 4. The monoisotopic (exact) mass is 346 g/mol. The van der Waals surface area contributed by atoms with Gasteiger partial charge in [0.25, 0.3) is 0 Å². The summed E-state index contributed by atoms with van der Waals surface area (Å²) in [5, 5.41) is 0. The first-order valence-corrected chi connectivity index (χ1v) is 8.28. The van der Waals surface area contributed by atoms with E-state index in [-0.39, 0.29) is 0 Å². The summed E-state index contributed by atoms with van der Waals surface area (Å²) in [6, 6.07) is 2.44. The zero-order chi connectivity index (χ0) is 14.8. The normalized spacial score (nSPS) is 12.1. The van der Waals surface area contributed by atoms with Crippen LogP contribution in [0.25, 0.3) is 0 Å². The average molecular weight is 348 g/mol. The van der Waals surface area contributed by atoms with Crippen molar-refractivity contribution in [2.45, 2.75) is 74.1 Å². The molecule has 0 rings (SSSR count). The number of rotatable bonds is 10. The summed E-state index contributed by atoms with van der Waals surface area (Å²) in [6.45, 7) is 4.22. The highest BCUT2D eigenvalue weighted by Crippen LogP contribution is 2.31. The van der Waals surface area contributed by atoms with Crippen molar-refractivity contribution < 1.29 is 0 Å². The molecule has 0 fully saturated rings. The smallest absolute Gasteiger partial charge is 0.186 e. The van der Waals surface area contributed by atoms with Gasteiger partial charge in [-0.1, -0.05) is 85.9 Å². The predicted molar refractivity (Wildman–Crippen MR) is 87.0 cm³/mol. The Labute approximate surface area is 136 Å². The van der Waals surface area contributed by atoms with Gasteiger partial charge in [0.05, 0.1) is 6.01 Å². The fraction of sp³-hybridized carbons (Fsp3) is 0.923. The maximum atomic E-state index is 6.02. The molecule has 19 heavy (non-hydrogen) atoms. The minimum atomic E-state index is -1.19. The van der Waals surface area contributed by atoms with Crippen LogP contribution in [0.4, 0.5) is 0 Å². The number of unbranched alkanes of at least 4 members (excludes halogenated alkanes) is 4. The lowest BCUT2D eigenvalue weighted by Crippen LogP contribution is -2.10. The van der Waals surface area contributed by atoms with Crippen LogP contribution in [0.3, 0.4) is 0 Å². The van der Waals surface area contributed by atoms with Crippen LogP contribution in [-0.2, 0) is 0 Å². The van der Waals surface area contributed by atoms with Crippen LogP contribution in [0.1, 0.15) is 65.2 Å². The highest BCUT2D eigenvalue weighted by molar-refractivity contribution is 6.49. The molecule has 0 aliphatic rings. The Kier molecular flexibility index (Phi) is 10.6. The first kappa shape index (κ1) is 19.5. The lowest BCUT2D eigenvalue weighted by Gasteiger charge is -2.13. The number of alkyl halides is 4. The van der Waals surface area contributed by atoms with Gasteiger partial charge in [0.15, 0.2) is 0 Å². The quantitative estimate of drug-likeness (QED) is 0.184. The molecule has 0 aromatic carbocycles. The Morgan fingerprint density at radius 2 is 1.11 bits per heavy atom. The molecule has 0 heterocycles. The number of nitrogens with zero attached hydrogens (tertiary/aromatic N) is 2. The average Bonchev–Trinajstić information content (AvgIpc) is 2.28. The standard InChI is InChI=1S/C13H22Cl4N2/c1-3-5-7-9-12(14,15)18-11-19-13(16,17)10-8-6-4-2/h3-10H2,1-2H3. The van der Waals surface area contributed by atoms with E-state index < -0.39 is 8.91 Å². The Hall–Kier alpha value is 0.540.